The summed E-state index contributed by atoms with van der Waals surface area (Å²) in [6.07, 6.45) is 5.29. The van der Waals surface area contributed by atoms with Crippen molar-refractivity contribution in [3.8, 4) is 0 Å². The SMILES string of the molecule is Cc1ccc(Cc2cnc(NC(=O)CCC3CCNC3)s2)cc1Cl. The third-order valence-electron chi connectivity index (χ3n) is 4.36. The van der Waals surface area contributed by atoms with Crippen LogP contribution >= 0.6 is 22.9 Å². The fourth-order valence-electron chi connectivity index (χ4n) is 2.87. The van der Waals surface area contributed by atoms with Gasteiger partial charge in [0.05, 0.1) is 0 Å². The fraction of sp³-hybridized carbons (Fsp3) is 0.444. The Morgan fingerprint density at radius 3 is 3.12 bits per heavy atom. The van der Waals surface area contributed by atoms with E-state index in [1.807, 2.05) is 25.3 Å². The first kappa shape index (κ1) is 17.4. The number of carbonyl (C=O) groups excluding carboxylic acids is 1. The third kappa shape index (κ3) is 4.79. The van der Waals surface area contributed by atoms with Gasteiger partial charge in [-0.1, -0.05) is 23.7 Å². The van der Waals surface area contributed by atoms with Crippen molar-refractivity contribution in [2.24, 2.45) is 5.92 Å². The largest absolute Gasteiger partial charge is 0.316 e. The Morgan fingerprint density at radius 1 is 1.50 bits per heavy atom. The van der Waals surface area contributed by atoms with E-state index in [2.05, 4.69) is 21.7 Å². The number of hydrogen-bond donors (Lipinski definition) is 2. The van der Waals surface area contributed by atoms with Gasteiger partial charge in [-0.15, -0.1) is 11.3 Å². The number of aromatic nitrogens is 1. The van der Waals surface area contributed by atoms with Crippen LogP contribution in [-0.4, -0.2) is 24.0 Å². The number of thiazole rings is 1. The fourth-order valence-corrected chi connectivity index (χ4v) is 3.94. The van der Waals surface area contributed by atoms with Crippen LogP contribution in [-0.2, 0) is 11.2 Å². The summed E-state index contributed by atoms with van der Waals surface area (Å²) in [5, 5.41) is 7.71. The van der Waals surface area contributed by atoms with Gasteiger partial charge in [0.1, 0.15) is 0 Å². The molecule has 4 nitrogen and oxygen atoms in total. The van der Waals surface area contributed by atoms with Gasteiger partial charge in [0.25, 0.3) is 0 Å². The molecule has 1 aliphatic heterocycles. The quantitative estimate of drug-likeness (QED) is 0.814. The number of hydrogen-bond acceptors (Lipinski definition) is 4. The zero-order chi connectivity index (χ0) is 16.9. The normalized spacial score (nSPS) is 17.2. The van der Waals surface area contributed by atoms with Crippen LogP contribution in [0.1, 0.15) is 35.3 Å². The molecule has 1 aromatic carbocycles. The van der Waals surface area contributed by atoms with E-state index in [0.717, 1.165) is 47.0 Å². The topological polar surface area (TPSA) is 54.0 Å². The number of nitrogens with one attached hydrogen (secondary N) is 2. The molecule has 1 amide bonds. The van der Waals surface area contributed by atoms with Crippen LogP contribution in [0.5, 0.6) is 0 Å². The van der Waals surface area contributed by atoms with Gasteiger partial charge in [-0.25, -0.2) is 4.98 Å². The Balaban J connectivity index is 1.51. The van der Waals surface area contributed by atoms with E-state index in [1.54, 1.807) is 0 Å². The Labute approximate surface area is 151 Å². The first-order valence-electron chi connectivity index (χ1n) is 8.30. The molecule has 1 aliphatic rings. The highest BCUT2D eigenvalue weighted by atomic mass is 35.5. The highest BCUT2D eigenvalue weighted by Gasteiger charge is 2.16. The number of carbonyl (C=O) groups is 1. The van der Waals surface area contributed by atoms with Crippen molar-refractivity contribution in [1.82, 2.24) is 10.3 Å². The molecule has 0 saturated carbocycles. The van der Waals surface area contributed by atoms with Crippen molar-refractivity contribution >= 4 is 34.0 Å². The Hall–Kier alpha value is -1.43. The van der Waals surface area contributed by atoms with Crippen molar-refractivity contribution < 1.29 is 4.79 Å². The summed E-state index contributed by atoms with van der Waals surface area (Å²) in [6, 6.07) is 6.10. The van der Waals surface area contributed by atoms with Crippen LogP contribution in [0, 0.1) is 12.8 Å². The molecule has 2 N–H and O–H groups in total. The molecule has 2 heterocycles. The molecule has 128 valence electrons. The number of benzene rings is 1. The van der Waals surface area contributed by atoms with E-state index in [-0.39, 0.29) is 5.91 Å². The molecule has 0 spiro atoms. The Morgan fingerprint density at radius 2 is 2.38 bits per heavy atom. The average Bonchev–Trinajstić information content (AvgIpc) is 3.21. The maximum atomic E-state index is 12.0. The van der Waals surface area contributed by atoms with E-state index in [0.29, 0.717) is 17.5 Å². The zero-order valence-electron chi connectivity index (χ0n) is 13.8. The minimum atomic E-state index is 0.0566. The lowest BCUT2D eigenvalue weighted by Crippen LogP contribution is -2.14. The van der Waals surface area contributed by atoms with Crippen LogP contribution in [0.15, 0.2) is 24.4 Å². The van der Waals surface area contributed by atoms with Crippen molar-refractivity contribution in [2.75, 3.05) is 18.4 Å². The van der Waals surface area contributed by atoms with E-state index in [4.69, 9.17) is 11.6 Å². The lowest BCUT2D eigenvalue weighted by Gasteiger charge is -2.07. The molecule has 0 bridgehead atoms. The number of halogens is 1. The molecule has 2 aromatic rings. The molecule has 1 saturated heterocycles. The van der Waals surface area contributed by atoms with Crippen LogP contribution in [0.3, 0.4) is 0 Å². The van der Waals surface area contributed by atoms with Gasteiger partial charge in [0.2, 0.25) is 5.91 Å². The Kier molecular flexibility index (Phi) is 5.87. The lowest BCUT2D eigenvalue weighted by molar-refractivity contribution is -0.116. The summed E-state index contributed by atoms with van der Waals surface area (Å²) in [7, 11) is 0. The van der Waals surface area contributed by atoms with Gasteiger partial charge in [-0.05, 0) is 56.0 Å². The molecule has 24 heavy (non-hydrogen) atoms. The monoisotopic (exact) mass is 363 g/mol. The minimum absolute atomic E-state index is 0.0566. The maximum Gasteiger partial charge on any atom is 0.226 e. The maximum absolute atomic E-state index is 12.0. The molecular weight excluding hydrogens is 342 g/mol. The van der Waals surface area contributed by atoms with Gasteiger partial charge >= 0.3 is 0 Å². The summed E-state index contributed by atoms with van der Waals surface area (Å²) < 4.78 is 0. The van der Waals surface area contributed by atoms with Gasteiger partial charge in [-0.2, -0.15) is 0 Å². The standard InChI is InChI=1S/C18H22ClN3OS/c1-12-2-3-14(9-16(12)19)8-15-11-21-18(24-15)22-17(23)5-4-13-6-7-20-10-13/h2-3,9,11,13,20H,4-8,10H2,1H3,(H,21,22,23). The molecule has 0 radical (unpaired) electrons. The molecule has 1 aromatic heterocycles. The second kappa shape index (κ2) is 8.10. The lowest BCUT2D eigenvalue weighted by atomic mass is 10.0. The Bertz CT molecular complexity index is 710. The van der Waals surface area contributed by atoms with E-state index in [1.165, 1.54) is 17.8 Å². The van der Waals surface area contributed by atoms with Gasteiger partial charge < -0.3 is 10.6 Å². The third-order valence-corrected chi connectivity index (χ3v) is 5.68. The number of rotatable bonds is 6. The predicted molar refractivity (Wildman–Crippen MR) is 99.9 cm³/mol. The summed E-state index contributed by atoms with van der Waals surface area (Å²) in [5.41, 5.74) is 2.23. The smallest absolute Gasteiger partial charge is 0.226 e. The summed E-state index contributed by atoms with van der Waals surface area (Å²) >= 11 is 7.69. The van der Waals surface area contributed by atoms with Crippen molar-refractivity contribution in [3.05, 3.63) is 45.4 Å². The highest BCUT2D eigenvalue weighted by molar-refractivity contribution is 7.15. The highest BCUT2D eigenvalue weighted by Crippen LogP contribution is 2.24. The van der Waals surface area contributed by atoms with Gasteiger partial charge in [-0.3, -0.25) is 4.79 Å². The minimum Gasteiger partial charge on any atom is -0.316 e. The molecule has 6 heteroatoms. The molecular formula is C18H22ClN3OS. The van der Waals surface area contributed by atoms with Crippen LogP contribution in [0.4, 0.5) is 5.13 Å². The number of nitrogens with zero attached hydrogens (tertiary/aromatic N) is 1. The van der Waals surface area contributed by atoms with Gasteiger partial charge in [0, 0.05) is 28.9 Å². The molecule has 1 unspecified atom stereocenters. The van der Waals surface area contributed by atoms with E-state index < -0.39 is 0 Å². The number of aryl methyl sites for hydroxylation is 1. The summed E-state index contributed by atoms with van der Waals surface area (Å²) in [4.78, 5) is 17.5. The summed E-state index contributed by atoms with van der Waals surface area (Å²) in [6.45, 7) is 4.10. The first-order valence-corrected chi connectivity index (χ1v) is 9.50. The molecule has 1 atom stereocenters. The van der Waals surface area contributed by atoms with Crippen LogP contribution in [0.25, 0.3) is 0 Å². The zero-order valence-corrected chi connectivity index (χ0v) is 15.3. The summed E-state index contributed by atoms with van der Waals surface area (Å²) in [5.74, 6) is 0.690. The van der Waals surface area contributed by atoms with Crippen molar-refractivity contribution in [1.29, 1.82) is 0 Å². The van der Waals surface area contributed by atoms with Crippen LogP contribution in [0.2, 0.25) is 5.02 Å². The van der Waals surface area contributed by atoms with Crippen molar-refractivity contribution in [2.45, 2.75) is 32.6 Å². The van der Waals surface area contributed by atoms with E-state index >= 15 is 0 Å². The second-order valence-corrected chi connectivity index (χ2v) is 7.86. The number of amides is 1. The number of anilines is 1. The first-order chi connectivity index (χ1) is 11.6. The second-order valence-electron chi connectivity index (χ2n) is 6.34. The molecule has 1 fully saturated rings. The van der Waals surface area contributed by atoms with Crippen LogP contribution < -0.4 is 10.6 Å². The van der Waals surface area contributed by atoms with Crippen molar-refractivity contribution in [3.63, 3.8) is 0 Å². The van der Waals surface area contributed by atoms with E-state index in [9.17, 15) is 4.79 Å². The average molecular weight is 364 g/mol. The molecule has 3 rings (SSSR count). The predicted octanol–water partition coefficient (Wildman–Crippen LogP) is 4.02. The van der Waals surface area contributed by atoms with Gasteiger partial charge in [0.15, 0.2) is 5.13 Å². The molecule has 0 aliphatic carbocycles.